The van der Waals surface area contributed by atoms with Crippen LogP contribution in [0.5, 0.6) is 0 Å². The van der Waals surface area contributed by atoms with Gasteiger partial charge in [-0.25, -0.2) is 0 Å². The zero-order valence-corrected chi connectivity index (χ0v) is 6.75. The first-order chi connectivity index (χ1) is 4.88. The fourth-order valence-corrected chi connectivity index (χ4v) is 1.39. The number of hydrogen-bond acceptors (Lipinski definition) is 3. The van der Waals surface area contributed by atoms with Gasteiger partial charge in [-0.2, -0.15) is 0 Å². The Morgan fingerprint density at radius 2 is 2.60 bits per heavy atom. The summed E-state index contributed by atoms with van der Waals surface area (Å²) in [6.07, 6.45) is 7.64. The van der Waals surface area contributed by atoms with Gasteiger partial charge in [0, 0.05) is 18.6 Å². The molecule has 0 amide bonds. The molecule has 2 aliphatic heterocycles. The van der Waals surface area contributed by atoms with Gasteiger partial charge in [0.15, 0.2) is 6.17 Å². The summed E-state index contributed by atoms with van der Waals surface area (Å²) in [5.74, 6) is 0. The molecule has 0 bridgehead atoms. The Balaban J connectivity index is 2.27. The van der Waals surface area contributed by atoms with Gasteiger partial charge in [0.1, 0.15) is 0 Å². The molecule has 0 aromatic carbocycles. The van der Waals surface area contributed by atoms with Crippen molar-refractivity contribution in [3.05, 3.63) is 23.0 Å². The molecule has 0 spiro atoms. The minimum atomic E-state index is 0.116. The van der Waals surface area contributed by atoms with Gasteiger partial charge in [-0.15, -0.1) is 0 Å². The molecule has 2 aliphatic rings. The first-order valence-corrected chi connectivity index (χ1v) is 3.77. The number of allylic oxidation sites excluding steroid dienone is 1. The maximum atomic E-state index is 4.21. The highest BCUT2D eigenvalue weighted by molar-refractivity contribution is 9.11. The number of aliphatic imine (C=N–C) groups is 1. The quantitative estimate of drug-likeness (QED) is 0.630. The van der Waals surface area contributed by atoms with Crippen molar-refractivity contribution in [3.63, 3.8) is 0 Å². The number of halogens is 1. The molecule has 2 rings (SSSR count). The van der Waals surface area contributed by atoms with E-state index in [2.05, 4.69) is 26.3 Å². The number of nitrogens with one attached hydrogen (secondary N) is 1. The van der Waals surface area contributed by atoms with Gasteiger partial charge in [0.25, 0.3) is 0 Å². The maximum absolute atomic E-state index is 4.21. The van der Waals surface area contributed by atoms with Crippen LogP contribution in [-0.2, 0) is 0 Å². The van der Waals surface area contributed by atoms with E-state index in [-0.39, 0.29) is 6.17 Å². The highest BCUT2D eigenvalue weighted by Gasteiger charge is 2.22. The van der Waals surface area contributed by atoms with E-state index in [4.69, 9.17) is 0 Å². The van der Waals surface area contributed by atoms with Crippen molar-refractivity contribution >= 4 is 22.1 Å². The van der Waals surface area contributed by atoms with E-state index in [1.807, 2.05) is 23.5 Å². The number of nitrogens with zero attached hydrogens (tertiary/aromatic N) is 2. The average Bonchev–Trinajstić information content (AvgIpc) is 2.34. The van der Waals surface area contributed by atoms with Gasteiger partial charge < -0.3 is 5.43 Å². The number of hydrazine groups is 1. The van der Waals surface area contributed by atoms with Crippen molar-refractivity contribution in [2.45, 2.75) is 6.17 Å². The largest absolute Gasteiger partial charge is 0.303 e. The lowest BCUT2D eigenvalue weighted by atomic mass is 10.4. The minimum absolute atomic E-state index is 0.116. The Morgan fingerprint density at radius 3 is 3.40 bits per heavy atom. The van der Waals surface area contributed by atoms with Crippen molar-refractivity contribution in [1.29, 1.82) is 0 Å². The number of hydrogen-bond donors (Lipinski definition) is 1. The van der Waals surface area contributed by atoms with Crippen LogP contribution in [0.1, 0.15) is 0 Å². The van der Waals surface area contributed by atoms with Crippen LogP contribution in [-0.4, -0.2) is 17.4 Å². The lowest BCUT2D eigenvalue weighted by molar-refractivity contribution is 0.295. The van der Waals surface area contributed by atoms with Crippen molar-refractivity contribution in [1.82, 2.24) is 10.4 Å². The summed E-state index contributed by atoms with van der Waals surface area (Å²) < 4.78 is 1.06. The molecule has 10 heavy (non-hydrogen) atoms. The van der Waals surface area contributed by atoms with Gasteiger partial charge in [-0.05, 0) is 22.0 Å². The predicted molar refractivity (Wildman–Crippen MR) is 43.4 cm³/mol. The molecule has 0 aliphatic carbocycles. The third-order valence-corrected chi connectivity index (χ3v) is 2.06. The second-order valence-corrected chi connectivity index (χ2v) is 2.99. The van der Waals surface area contributed by atoms with Crippen molar-refractivity contribution in [2.24, 2.45) is 4.99 Å². The van der Waals surface area contributed by atoms with Gasteiger partial charge in [0.05, 0.1) is 4.48 Å². The van der Waals surface area contributed by atoms with Crippen molar-refractivity contribution in [2.75, 3.05) is 0 Å². The normalized spacial score (nSPS) is 27.9. The third-order valence-electron chi connectivity index (χ3n) is 1.42. The monoisotopic (exact) mass is 199 g/mol. The molecule has 4 heteroatoms. The molecule has 52 valence electrons. The van der Waals surface area contributed by atoms with Crippen LogP contribution in [0.15, 0.2) is 28.0 Å². The molecule has 3 nitrogen and oxygen atoms in total. The molecule has 1 atom stereocenters. The Kier molecular flexibility index (Phi) is 1.27. The molecule has 0 fully saturated rings. The molecular formula is C6H6BrN3. The Morgan fingerprint density at radius 1 is 1.70 bits per heavy atom. The van der Waals surface area contributed by atoms with E-state index in [1.165, 1.54) is 0 Å². The molecule has 0 saturated heterocycles. The zero-order valence-electron chi connectivity index (χ0n) is 5.16. The van der Waals surface area contributed by atoms with E-state index in [9.17, 15) is 0 Å². The maximum Gasteiger partial charge on any atom is 0.172 e. The van der Waals surface area contributed by atoms with E-state index >= 15 is 0 Å². The molecule has 1 N–H and O–H groups in total. The van der Waals surface area contributed by atoms with E-state index in [0.717, 1.165) is 4.48 Å². The highest BCUT2D eigenvalue weighted by Crippen LogP contribution is 2.22. The molecular weight excluding hydrogens is 194 g/mol. The summed E-state index contributed by atoms with van der Waals surface area (Å²) >= 11 is 3.39. The van der Waals surface area contributed by atoms with Crippen LogP contribution in [0.3, 0.4) is 0 Å². The average molecular weight is 200 g/mol. The van der Waals surface area contributed by atoms with Crippen LogP contribution in [0.4, 0.5) is 0 Å². The summed E-state index contributed by atoms with van der Waals surface area (Å²) in [5, 5.41) is 1.92. The Hall–Kier alpha value is -0.770. The van der Waals surface area contributed by atoms with Crippen LogP contribution < -0.4 is 5.43 Å². The van der Waals surface area contributed by atoms with Crippen LogP contribution in [0.2, 0.25) is 0 Å². The molecule has 0 saturated carbocycles. The zero-order chi connectivity index (χ0) is 6.97. The molecule has 0 aromatic rings. The summed E-state index contributed by atoms with van der Waals surface area (Å²) in [5.41, 5.74) is 3.03. The number of rotatable bonds is 0. The SMILES string of the molecule is BrC1=CNN2C=CC=N[C@H]12. The third kappa shape index (κ3) is 0.759. The first-order valence-electron chi connectivity index (χ1n) is 2.98. The van der Waals surface area contributed by atoms with Gasteiger partial charge in [-0.3, -0.25) is 10.0 Å². The molecule has 0 aromatic heterocycles. The van der Waals surface area contributed by atoms with Crippen LogP contribution in [0.25, 0.3) is 0 Å². The molecule has 0 radical (unpaired) electrons. The summed E-state index contributed by atoms with van der Waals surface area (Å²) in [7, 11) is 0. The van der Waals surface area contributed by atoms with Gasteiger partial charge in [0.2, 0.25) is 0 Å². The Bertz CT molecular complexity index is 231. The molecule has 0 unspecified atom stereocenters. The van der Waals surface area contributed by atoms with Crippen LogP contribution in [0, 0.1) is 0 Å². The fraction of sp³-hybridized carbons (Fsp3) is 0.167. The predicted octanol–water partition coefficient (Wildman–Crippen LogP) is 0.967. The lowest BCUT2D eigenvalue weighted by Crippen LogP contribution is -2.33. The molecule has 2 heterocycles. The minimum Gasteiger partial charge on any atom is -0.303 e. The van der Waals surface area contributed by atoms with E-state index in [1.54, 1.807) is 6.21 Å². The Labute approximate surface area is 67.2 Å². The van der Waals surface area contributed by atoms with Crippen molar-refractivity contribution < 1.29 is 0 Å². The smallest absolute Gasteiger partial charge is 0.172 e. The second kappa shape index (κ2) is 2.12. The summed E-state index contributed by atoms with van der Waals surface area (Å²) in [6, 6.07) is 0. The van der Waals surface area contributed by atoms with Crippen molar-refractivity contribution in [3.8, 4) is 0 Å². The summed E-state index contributed by atoms with van der Waals surface area (Å²) in [4.78, 5) is 4.21. The van der Waals surface area contributed by atoms with Gasteiger partial charge in [-0.1, -0.05) is 0 Å². The van der Waals surface area contributed by atoms with Gasteiger partial charge >= 0.3 is 0 Å². The van der Waals surface area contributed by atoms with E-state index in [0.29, 0.717) is 0 Å². The fourth-order valence-electron chi connectivity index (χ4n) is 0.944. The topological polar surface area (TPSA) is 27.6 Å². The second-order valence-electron chi connectivity index (χ2n) is 2.08. The number of fused-ring (bicyclic) bond motifs is 1. The standard InChI is InChI=1S/C6H6BrN3/c7-5-4-9-10-3-1-2-8-6(5)10/h1-4,6,9H/t6-/m0/s1. The summed E-state index contributed by atoms with van der Waals surface area (Å²) in [6.45, 7) is 0. The lowest BCUT2D eigenvalue weighted by Gasteiger charge is -2.21. The van der Waals surface area contributed by atoms with Crippen LogP contribution >= 0.6 is 15.9 Å². The first kappa shape index (κ1) is 5.97. The highest BCUT2D eigenvalue weighted by atomic mass is 79.9. The van der Waals surface area contributed by atoms with E-state index < -0.39 is 0 Å².